The Morgan fingerprint density at radius 3 is 2.83 bits per heavy atom. The van der Waals surface area contributed by atoms with Crippen LogP contribution in [0.25, 0.3) is 5.69 Å². The van der Waals surface area contributed by atoms with Gasteiger partial charge in [-0.3, -0.25) is 4.57 Å². The van der Waals surface area contributed by atoms with Crippen molar-refractivity contribution < 1.29 is 8.78 Å². The summed E-state index contributed by atoms with van der Waals surface area (Å²) in [5.74, 6) is -0.425. The fourth-order valence-corrected chi connectivity index (χ4v) is 1.71. The van der Waals surface area contributed by atoms with Gasteiger partial charge in [-0.05, 0) is 25.5 Å². The molecule has 5 heteroatoms. The maximum absolute atomic E-state index is 13.7. The van der Waals surface area contributed by atoms with Crippen molar-refractivity contribution in [3.05, 3.63) is 41.7 Å². The lowest BCUT2D eigenvalue weighted by molar-refractivity contribution is 0.593. The van der Waals surface area contributed by atoms with Crippen LogP contribution in [0.2, 0.25) is 0 Å². The average molecular weight is 251 g/mol. The number of aromatic nitrogens is 2. The minimum Gasteiger partial charge on any atom is -0.355 e. The third-order valence-corrected chi connectivity index (χ3v) is 2.53. The number of hydrogen-bond donors (Lipinski definition) is 1. The third-order valence-electron chi connectivity index (χ3n) is 2.53. The number of nitrogens with one attached hydrogen (secondary N) is 1. The smallest absolute Gasteiger partial charge is 0.207 e. The lowest BCUT2D eigenvalue weighted by atomic mass is 10.3. The second kappa shape index (κ2) is 5.16. The molecule has 0 atom stereocenters. The van der Waals surface area contributed by atoms with E-state index in [1.165, 1.54) is 4.57 Å². The number of aryl methyl sites for hydroxylation is 1. The number of benzene rings is 1. The van der Waals surface area contributed by atoms with Crippen LogP contribution in [0.4, 0.5) is 14.7 Å². The highest BCUT2D eigenvalue weighted by Crippen LogP contribution is 2.20. The number of anilines is 1. The third kappa shape index (κ3) is 2.50. The van der Waals surface area contributed by atoms with Gasteiger partial charge in [-0.25, -0.2) is 13.8 Å². The van der Waals surface area contributed by atoms with E-state index in [4.69, 9.17) is 0 Å². The van der Waals surface area contributed by atoms with Crippen molar-refractivity contribution >= 4 is 5.95 Å². The van der Waals surface area contributed by atoms with Gasteiger partial charge < -0.3 is 5.32 Å². The van der Waals surface area contributed by atoms with Crippen LogP contribution in [0.1, 0.15) is 19.0 Å². The minimum absolute atomic E-state index is 0.161. The summed E-state index contributed by atoms with van der Waals surface area (Å²) in [6, 6.07) is 3.37. The van der Waals surface area contributed by atoms with E-state index >= 15 is 0 Å². The highest BCUT2D eigenvalue weighted by molar-refractivity contribution is 5.44. The summed E-state index contributed by atoms with van der Waals surface area (Å²) in [4.78, 5) is 4.26. The van der Waals surface area contributed by atoms with Crippen molar-refractivity contribution in [3.8, 4) is 5.69 Å². The molecule has 0 aliphatic rings. The van der Waals surface area contributed by atoms with Gasteiger partial charge in [-0.1, -0.05) is 6.92 Å². The predicted molar refractivity (Wildman–Crippen MR) is 67.0 cm³/mol. The summed E-state index contributed by atoms with van der Waals surface area (Å²) in [7, 11) is 0. The molecule has 1 heterocycles. The molecule has 0 unspecified atom stereocenters. The van der Waals surface area contributed by atoms with Crippen molar-refractivity contribution in [1.82, 2.24) is 9.55 Å². The topological polar surface area (TPSA) is 29.9 Å². The summed E-state index contributed by atoms with van der Waals surface area (Å²) in [5, 5.41) is 3.09. The molecule has 0 saturated carbocycles. The summed E-state index contributed by atoms with van der Waals surface area (Å²) in [5.41, 5.74) is 0.909. The molecule has 1 aromatic heterocycles. The molecule has 0 amide bonds. The Balaban J connectivity index is 2.45. The van der Waals surface area contributed by atoms with E-state index in [1.54, 1.807) is 6.20 Å². The van der Waals surface area contributed by atoms with E-state index in [2.05, 4.69) is 10.3 Å². The predicted octanol–water partition coefficient (Wildman–Crippen LogP) is 3.28. The monoisotopic (exact) mass is 251 g/mol. The van der Waals surface area contributed by atoms with E-state index in [1.807, 2.05) is 13.8 Å². The first-order valence-corrected chi connectivity index (χ1v) is 5.87. The van der Waals surface area contributed by atoms with Crippen LogP contribution in [0.5, 0.6) is 0 Å². The Hall–Kier alpha value is -1.91. The largest absolute Gasteiger partial charge is 0.355 e. The number of nitrogens with zero attached hydrogens (tertiary/aromatic N) is 2. The maximum atomic E-state index is 13.7. The van der Waals surface area contributed by atoms with Gasteiger partial charge in [0.05, 0.1) is 11.4 Å². The molecule has 0 saturated heterocycles. The lowest BCUT2D eigenvalue weighted by Crippen LogP contribution is -2.08. The summed E-state index contributed by atoms with van der Waals surface area (Å²) >= 11 is 0. The molecule has 2 aromatic rings. The molecule has 0 spiro atoms. The maximum Gasteiger partial charge on any atom is 0.207 e. The zero-order valence-corrected chi connectivity index (χ0v) is 10.4. The van der Waals surface area contributed by atoms with Crippen LogP contribution in [0.15, 0.2) is 24.4 Å². The van der Waals surface area contributed by atoms with Gasteiger partial charge >= 0.3 is 0 Å². The van der Waals surface area contributed by atoms with Gasteiger partial charge in [0.25, 0.3) is 0 Å². The molecule has 0 bridgehead atoms. The SMILES string of the molecule is CCCNc1nc(C)cn1-c1cc(F)ccc1F. The first-order valence-electron chi connectivity index (χ1n) is 5.87. The van der Waals surface area contributed by atoms with E-state index in [9.17, 15) is 8.78 Å². The Kier molecular flexibility index (Phi) is 3.60. The summed E-state index contributed by atoms with van der Waals surface area (Å²) < 4.78 is 28.5. The van der Waals surface area contributed by atoms with Crippen LogP contribution in [0, 0.1) is 18.6 Å². The van der Waals surface area contributed by atoms with Gasteiger partial charge in [-0.2, -0.15) is 0 Å². The highest BCUT2D eigenvalue weighted by Gasteiger charge is 2.11. The normalized spacial score (nSPS) is 10.7. The fourth-order valence-electron chi connectivity index (χ4n) is 1.71. The van der Waals surface area contributed by atoms with Gasteiger partial charge in [0.15, 0.2) is 0 Å². The van der Waals surface area contributed by atoms with Crippen LogP contribution in [0.3, 0.4) is 0 Å². The van der Waals surface area contributed by atoms with Gasteiger partial charge in [-0.15, -0.1) is 0 Å². The zero-order valence-electron chi connectivity index (χ0n) is 10.4. The first kappa shape index (κ1) is 12.5. The first-order chi connectivity index (χ1) is 8.61. The fraction of sp³-hybridized carbons (Fsp3) is 0.308. The van der Waals surface area contributed by atoms with Crippen LogP contribution >= 0.6 is 0 Å². The second-order valence-electron chi connectivity index (χ2n) is 4.10. The highest BCUT2D eigenvalue weighted by atomic mass is 19.1. The van der Waals surface area contributed by atoms with Crippen molar-refractivity contribution in [2.75, 3.05) is 11.9 Å². The molecule has 0 aliphatic carbocycles. The number of imidazole rings is 1. The van der Waals surface area contributed by atoms with Gasteiger partial charge in [0.2, 0.25) is 5.95 Å². The molecule has 3 nitrogen and oxygen atoms in total. The molecule has 1 N–H and O–H groups in total. The molecule has 0 aliphatic heterocycles. The zero-order chi connectivity index (χ0) is 13.1. The van der Waals surface area contributed by atoms with E-state index in [0.29, 0.717) is 5.95 Å². The molecule has 0 fully saturated rings. The van der Waals surface area contributed by atoms with Crippen molar-refractivity contribution in [2.24, 2.45) is 0 Å². The minimum atomic E-state index is -0.478. The molecule has 18 heavy (non-hydrogen) atoms. The number of hydrogen-bond acceptors (Lipinski definition) is 2. The van der Waals surface area contributed by atoms with Gasteiger partial charge in [0.1, 0.15) is 11.6 Å². The average Bonchev–Trinajstić information content (AvgIpc) is 2.71. The molecule has 1 aromatic carbocycles. The Morgan fingerprint density at radius 1 is 1.33 bits per heavy atom. The second-order valence-corrected chi connectivity index (χ2v) is 4.10. The van der Waals surface area contributed by atoms with E-state index < -0.39 is 11.6 Å². The lowest BCUT2D eigenvalue weighted by Gasteiger charge is -2.09. The molecule has 2 rings (SSSR count). The molecular formula is C13H15F2N3. The van der Waals surface area contributed by atoms with Crippen LogP contribution < -0.4 is 5.32 Å². The number of rotatable bonds is 4. The van der Waals surface area contributed by atoms with Gasteiger partial charge in [0, 0.05) is 18.8 Å². The van der Waals surface area contributed by atoms with Crippen molar-refractivity contribution in [2.45, 2.75) is 20.3 Å². The van der Waals surface area contributed by atoms with E-state index in [0.717, 1.165) is 36.9 Å². The van der Waals surface area contributed by atoms with E-state index in [-0.39, 0.29) is 5.69 Å². The Bertz CT molecular complexity index is 549. The number of halogens is 2. The van der Waals surface area contributed by atoms with Crippen LogP contribution in [-0.4, -0.2) is 16.1 Å². The Morgan fingerprint density at radius 2 is 2.11 bits per heavy atom. The molecule has 96 valence electrons. The molecule has 0 radical (unpaired) electrons. The van der Waals surface area contributed by atoms with Crippen LogP contribution in [-0.2, 0) is 0 Å². The molecular weight excluding hydrogens is 236 g/mol. The summed E-state index contributed by atoms with van der Waals surface area (Å²) in [6.45, 7) is 4.56. The Labute approximate surface area is 104 Å². The summed E-state index contributed by atoms with van der Waals surface area (Å²) in [6.07, 6.45) is 2.60. The van der Waals surface area contributed by atoms with Crippen molar-refractivity contribution in [1.29, 1.82) is 0 Å². The quantitative estimate of drug-likeness (QED) is 0.903. The van der Waals surface area contributed by atoms with Crippen molar-refractivity contribution in [3.63, 3.8) is 0 Å². The standard InChI is InChI=1S/C13H15F2N3/c1-3-6-16-13-17-9(2)8-18(13)12-7-10(14)4-5-11(12)15/h4-5,7-8H,3,6H2,1-2H3,(H,16,17).